The van der Waals surface area contributed by atoms with E-state index in [0.717, 1.165) is 22.9 Å². The van der Waals surface area contributed by atoms with Crippen LogP contribution in [0.5, 0.6) is 0 Å². The van der Waals surface area contributed by atoms with Crippen LogP contribution in [0.1, 0.15) is 33.8 Å². The summed E-state index contributed by atoms with van der Waals surface area (Å²) in [5, 5.41) is 5.04. The maximum Gasteiger partial charge on any atom is 0.256 e. The van der Waals surface area contributed by atoms with E-state index in [1.54, 1.807) is 0 Å². The molecule has 0 saturated heterocycles. The second-order valence-electron chi connectivity index (χ2n) is 7.77. The molecule has 29 heavy (non-hydrogen) atoms. The molecule has 5 rings (SSSR count). The lowest BCUT2D eigenvalue weighted by Crippen LogP contribution is -2.21. The molecule has 1 aliphatic carbocycles. The van der Waals surface area contributed by atoms with Gasteiger partial charge in [-0.05, 0) is 46.5 Å². The second-order valence-corrected chi connectivity index (χ2v) is 7.77. The quantitative estimate of drug-likeness (QED) is 0.497. The van der Waals surface area contributed by atoms with Gasteiger partial charge in [0, 0.05) is 22.7 Å². The number of hydrogen-bond acceptors (Lipinski definition) is 2. The van der Waals surface area contributed by atoms with Gasteiger partial charge in [0.1, 0.15) is 0 Å². The molecule has 3 N–H and O–H groups in total. The minimum absolute atomic E-state index is 0.0987. The van der Waals surface area contributed by atoms with Gasteiger partial charge in [-0.15, -0.1) is 0 Å². The Kier molecular flexibility index (Phi) is 4.18. The first-order valence-corrected chi connectivity index (χ1v) is 9.89. The first-order chi connectivity index (χ1) is 14.1. The minimum Gasteiger partial charge on any atom is -0.322 e. The third-order valence-corrected chi connectivity index (χ3v) is 5.92. The number of anilines is 1. The fraction of sp³-hybridized carbons (Fsp3) is 0.115. The highest BCUT2D eigenvalue weighted by atomic mass is 16.1. The molecule has 0 radical (unpaired) electrons. The topological polar surface area (TPSA) is 55.1 Å². The number of benzene rings is 4. The van der Waals surface area contributed by atoms with Crippen LogP contribution in [0.25, 0.3) is 10.8 Å². The molecule has 0 aliphatic heterocycles. The summed E-state index contributed by atoms with van der Waals surface area (Å²) in [7, 11) is 0. The van der Waals surface area contributed by atoms with Gasteiger partial charge < -0.3 is 11.1 Å². The van der Waals surface area contributed by atoms with Crippen LogP contribution in [-0.2, 0) is 5.54 Å². The van der Waals surface area contributed by atoms with Crippen LogP contribution >= 0.6 is 0 Å². The molecule has 4 aromatic rings. The van der Waals surface area contributed by atoms with Crippen molar-refractivity contribution >= 4 is 22.4 Å². The van der Waals surface area contributed by atoms with Crippen LogP contribution in [0.15, 0.2) is 97.1 Å². The van der Waals surface area contributed by atoms with Crippen molar-refractivity contribution in [3.63, 3.8) is 0 Å². The van der Waals surface area contributed by atoms with E-state index < -0.39 is 0 Å². The SMILES string of the molecule is NC1(c2ccccc2)CC1c1ccc(NC(=O)c2cccc3ccccc23)cc1. The van der Waals surface area contributed by atoms with E-state index in [1.165, 1.54) is 11.1 Å². The fourth-order valence-corrected chi connectivity index (χ4v) is 4.18. The fourth-order valence-electron chi connectivity index (χ4n) is 4.18. The molecule has 1 amide bonds. The summed E-state index contributed by atoms with van der Waals surface area (Å²) in [6.45, 7) is 0. The zero-order valence-corrected chi connectivity index (χ0v) is 16.0. The van der Waals surface area contributed by atoms with E-state index in [9.17, 15) is 4.79 Å². The van der Waals surface area contributed by atoms with E-state index in [1.807, 2.05) is 72.8 Å². The van der Waals surface area contributed by atoms with Gasteiger partial charge in [-0.2, -0.15) is 0 Å². The summed E-state index contributed by atoms with van der Waals surface area (Å²) in [5.41, 5.74) is 10.2. The molecule has 0 bridgehead atoms. The van der Waals surface area contributed by atoms with Crippen molar-refractivity contribution in [2.24, 2.45) is 5.73 Å². The molecular formula is C26H22N2O. The Morgan fingerprint density at radius 1 is 0.828 bits per heavy atom. The Morgan fingerprint density at radius 3 is 2.31 bits per heavy atom. The highest BCUT2D eigenvalue weighted by molar-refractivity contribution is 6.12. The van der Waals surface area contributed by atoms with Gasteiger partial charge in [-0.1, -0.05) is 78.9 Å². The van der Waals surface area contributed by atoms with Gasteiger partial charge in [-0.25, -0.2) is 0 Å². The highest BCUT2D eigenvalue weighted by Crippen LogP contribution is 2.56. The zero-order chi connectivity index (χ0) is 19.8. The normalized spacial score (nSPS) is 20.4. The predicted molar refractivity (Wildman–Crippen MR) is 118 cm³/mol. The van der Waals surface area contributed by atoms with Crippen LogP contribution < -0.4 is 11.1 Å². The van der Waals surface area contributed by atoms with Crippen molar-refractivity contribution in [2.75, 3.05) is 5.32 Å². The summed E-state index contributed by atoms with van der Waals surface area (Å²) in [5.74, 6) is 0.214. The van der Waals surface area contributed by atoms with Gasteiger partial charge in [0.25, 0.3) is 5.91 Å². The molecule has 1 aliphatic rings. The Bertz CT molecular complexity index is 1180. The molecule has 4 aromatic carbocycles. The first-order valence-electron chi connectivity index (χ1n) is 9.89. The molecule has 2 atom stereocenters. The lowest BCUT2D eigenvalue weighted by Gasteiger charge is -2.13. The number of amides is 1. The average molecular weight is 378 g/mol. The monoisotopic (exact) mass is 378 g/mol. The molecule has 3 heteroatoms. The highest BCUT2D eigenvalue weighted by Gasteiger charge is 2.52. The van der Waals surface area contributed by atoms with E-state index in [-0.39, 0.29) is 11.4 Å². The van der Waals surface area contributed by atoms with Gasteiger partial charge in [0.2, 0.25) is 0 Å². The molecule has 3 nitrogen and oxygen atoms in total. The summed E-state index contributed by atoms with van der Waals surface area (Å²) >= 11 is 0. The van der Waals surface area contributed by atoms with E-state index in [2.05, 4.69) is 29.6 Å². The van der Waals surface area contributed by atoms with Crippen molar-refractivity contribution < 1.29 is 4.79 Å². The summed E-state index contributed by atoms with van der Waals surface area (Å²) < 4.78 is 0. The standard InChI is InChI=1S/C26H22N2O/c27-26(20-9-2-1-3-10-20)17-24(26)19-13-15-21(16-14-19)28-25(29)23-12-6-8-18-7-4-5-11-22(18)23/h1-16,24H,17,27H2,(H,28,29). The largest absolute Gasteiger partial charge is 0.322 e. The Balaban J connectivity index is 1.33. The van der Waals surface area contributed by atoms with Crippen molar-refractivity contribution in [2.45, 2.75) is 17.9 Å². The molecule has 1 saturated carbocycles. The smallest absolute Gasteiger partial charge is 0.256 e. The van der Waals surface area contributed by atoms with Gasteiger partial charge >= 0.3 is 0 Å². The number of hydrogen-bond donors (Lipinski definition) is 2. The molecule has 142 valence electrons. The lowest BCUT2D eigenvalue weighted by atomic mass is 9.99. The number of fused-ring (bicyclic) bond motifs is 1. The Hall–Kier alpha value is -3.43. The number of carbonyl (C=O) groups excluding carboxylic acids is 1. The Labute approximate surface area is 170 Å². The number of nitrogens with two attached hydrogens (primary N) is 1. The number of rotatable bonds is 4. The third-order valence-electron chi connectivity index (χ3n) is 5.92. The van der Waals surface area contributed by atoms with Crippen LogP contribution in [0, 0.1) is 0 Å². The zero-order valence-electron chi connectivity index (χ0n) is 16.0. The molecule has 0 heterocycles. The van der Waals surface area contributed by atoms with E-state index in [4.69, 9.17) is 5.73 Å². The van der Waals surface area contributed by atoms with Gasteiger partial charge in [-0.3, -0.25) is 4.79 Å². The Morgan fingerprint density at radius 2 is 1.52 bits per heavy atom. The maximum absolute atomic E-state index is 12.8. The van der Waals surface area contributed by atoms with Crippen LogP contribution in [0.3, 0.4) is 0 Å². The lowest BCUT2D eigenvalue weighted by molar-refractivity contribution is 0.102. The predicted octanol–water partition coefficient (Wildman–Crippen LogP) is 5.43. The van der Waals surface area contributed by atoms with Crippen molar-refractivity contribution in [1.29, 1.82) is 0 Å². The molecule has 1 fully saturated rings. The molecule has 0 aromatic heterocycles. The molecule has 0 spiro atoms. The first kappa shape index (κ1) is 17.7. The summed E-state index contributed by atoms with van der Waals surface area (Å²) in [6, 6.07) is 32.0. The summed E-state index contributed by atoms with van der Waals surface area (Å²) in [6.07, 6.45) is 0.943. The van der Waals surface area contributed by atoms with Gasteiger partial charge in [0.05, 0.1) is 0 Å². The van der Waals surface area contributed by atoms with Crippen LogP contribution in [-0.4, -0.2) is 5.91 Å². The second kappa shape index (κ2) is 6.87. The van der Waals surface area contributed by atoms with Crippen molar-refractivity contribution in [3.8, 4) is 0 Å². The van der Waals surface area contributed by atoms with E-state index in [0.29, 0.717) is 11.5 Å². The van der Waals surface area contributed by atoms with Crippen molar-refractivity contribution in [1.82, 2.24) is 0 Å². The third kappa shape index (κ3) is 3.20. The van der Waals surface area contributed by atoms with E-state index >= 15 is 0 Å². The minimum atomic E-state index is -0.283. The van der Waals surface area contributed by atoms with Crippen LogP contribution in [0.4, 0.5) is 5.69 Å². The van der Waals surface area contributed by atoms with Crippen LogP contribution in [0.2, 0.25) is 0 Å². The number of nitrogens with one attached hydrogen (secondary N) is 1. The van der Waals surface area contributed by atoms with Gasteiger partial charge in [0.15, 0.2) is 0 Å². The number of carbonyl (C=O) groups is 1. The van der Waals surface area contributed by atoms with Crippen molar-refractivity contribution in [3.05, 3.63) is 114 Å². The maximum atomic E-state index is 12.8. The molecule has 2 unspecified atom stereocenters. The molecular weight excluding hydrogens is 356 g/mol. The summed E-state index contributed by atoms with van der Waals surface area (Å²) in [4.78, 5) is 12.8. The average Bonchev–Trinajstić information content (AvgIpc) is 3.47.